The highest BCUT2D eigenvalue weighted by Gasteiger charge is 2.29. The Bertz CT molecular complexity index is 851. The molecule has 1 aromatic carbocycles. The van der Waals surface area contributed by atoms with Gasteiger partial charge in [0.2, 0.25) is 11.8 Å². The number of carbonyl (C=O) groups excluding carboxylic acids is 3. The van der Waals surface area contributed by atoms with Crippen LogP contribution in [-0.4, -0.2) is 40.8 Å². The van der Waals surface area contributed by atoms with Gasteiger partial charge in [0.1, 0.15) is 13.1 Å². The standard InChI is InChI=1S/C19H20N4O3/c1-12-5-6-14(8-13(12)2)18(15-4-3-7-20-9-15)21-16(24)10-23-11-17(25)22-19(23)26/h3-9,18H,10-11H2,1-2H3,(H,21,24)(H,22,25,26)/t18-/m1/s1. The lowest BCUT2D eigenvalue weighted by molar-refractivity contribution is -0.122. The number of urea groups is 1. The Morgan fingerprint density at radius 1 is 1.23 bits per heavy atom. The smallest absolute Gasteiger partial charge is 0.325 e. The van der Waals surface area contributed by atoms with Crippen LogP contribution < -0.4 is 10.6 Å². The van der Waals surface area contributed by atoms with Gasteiger partial charge in [-0.1, -0.05) is 24.3 Å². The van der Waals surface area contributed by atoms with E-state index >= 15 is 0 Å². The quantitative estimate of drug-likeness (QED) is 0.797. The van der Waals surface area contributed by atoms with Gasteiger partial charge in [0.05, 0.1) is 6.04 Å². The Hall–Kier alpha value is -3.22. The van der Waals surface area contributed by atoms with Crippen LogP contribution in [-0.2, 0) is 9.59 Å². The molecule has 1 fully saturated rings. The maximum atomic E-state index is 12.5. The molecule has 134 valence electrons. The van der Waals surface area contributed by atoms with E-state index in [0.29, 0.717) is 0 Å². The minimum absolute atomic E-state index is 0.104. The monoisotopic (exact) mass is 352 g/mol. The predicted octanol–water partition coefficient (Wildman–Crippen LogP) is 1.46. The summed E-state index contributed by atoms with van der Waals surface area (Å²) in [6, 6.07) is 8.76. The fourth-order valence-electron chi connectivity index (χ4n) is 2.84. The Kier molecular flexibility index (Phi) is 4.97. The molecule has 2 heterocycles. The van der Waals surface area contributed by atoms with E-state index in [9.17, 15) is 14.4 Å². The zero-order valence-electron chi connectivity index (χ0n) is 14.7. The fourth-order valence-corrected chi connectivity index (χ4v) is 2.84. The average Bonchev–Trinajstić information content (AvgIpc) is 2.93. The Morgan fingerprint density at radius 3 is 2.65 bits per heavy atom. The van der Waals surface area contributed by atoms with Crippen LogP contribution >= 0.6 is 0 Å². The van der Waals surface area contributed by atoms with Gasteiger partial charge in [-0.15, -0.1) is 0 Å². The van der Waals surface area contributed by atoms with Crippen molar-refractivity contribution in [3.05, 3.63) is 65.0 Å². The van der Waals surface area contributed by atoms with Crippen LogP contribution in [0.2, 0.25) is 0 Å². The van der Waals surface area contributed by atoms with Crippen molar-refractivity contribution in [2.45, 2.75) is 19.9 Å². The van der Waals surface area contributed by atoms with Gasteiger partial charge in [-0.05, 0) is 42.2 Å². The highest BCUT2D eigenvalue weighted by molar-refractivity contribution is 6.03. The molecule has 7 heteroatoms. The Balaban J connectivity index is 1.82. The van der Waals surface area contributed by atoms with Gasteiger partial charge in [0.25, 0.3) is 0 Å². The number of nitrogens with one attached hydrogen (secondary N) is 2. The molecule has 4 amide bonds. The third kappa shape index (κ3) is 3.88. The highest BCUT2D eigenvalue weighted by atomic mass is 16.2. The second-order valence-corrected chi connectivity index (χ2v) is 6.34. The lowest BCUT2D eigenvalue weighted by atomic mass is 9.96. The average molecular weight is 352 g/mol. The van der Waals surface area contributed by atoms with Gasteiger partial charge in [0, 0.05) is 12.4 Å². The molecule has 0 spiro atoms. The summed E-state index contributed by atoms with van der Waals surface area (Å²) in [5, 5.41) is 5.11. The van der Waals surface area contributed by atoms with E-state index in [1.165, 1.54) is 4.90 Å². The topological polar surface area (TPSA) is 91.4 Å². The van der Waals surface area contributed by atoms with Gasteiger partial charge in [-0.25, -0.2) is 4.79 Å². The second-order valence-electron chi connectivity index (χ2n) is 6.34. The van der Waals surface area contributed by atoms with Crippen LogP contribution in [0.15, 0.2) is 42.7 Å². The molecular formula is C19H20N4O3. The zero-order valence-corrected chi connectivity index (χ0v) is 14.7. The molecule has 1 aromatic heterocycles. The molecule has 0 aliphatic carbocycles. The summed E-state index contributed by atoms with van der Waals surface area (Å²) in [6.07, 6.45) is 3.37. The maximum Gasteiger partial charge on any atom is 0.325 e. The first kappa shape index (κ1) is 17.6. The van der Waals surface area contributed by atoms with Crippen LogP contribution in [0.4, 0.5) is 4.79 Å². The lowest BCUT2D eigenvalue weighted by Gasteiger charge is -2.22. The molecule has 3 rings (SSSR count). The number of carbonyl (C=O) groups is 3. The summed E-state index contributed by atoms with van der Waals surface area (Å²) in [6.45, 7) is 3.76. The largest absolute Gasteiger partial charge is 0.344 e. The van der Waals surface area contributed by atoms with E-state index in [4.69, 9.17) is 0 Å². The summed E-state index contributed by atoms with van der Waals surface area (Å²) >= 11 is 0. The van der Waals surface area contributed by atoms with Crippen molar-refractivity contribution in [2.75, 3.05) is 13.1 Å². The number of hydrogen-bond donors (Lipinski definition) is 2. The number of aromatic nitrogens is 1. The molecule has 1 aliphatic rings. The normalized spacial score (nSPS) is 14.9. The number of rotatable bonds is 5. The zero-order chi connectivity index (χ0) is 18.7. The van der Waals surface area contributed by atoms with Crippen LogP contribution in [0.25, 0.3) is 0 Å². The molecule has 2 aromatic rings. The molecule has 1 saturated heterocycles. The van der Waals surface area contributed by atoms with Crippen molar-refractivity contribution in [3.8, 4) is 0 Å². The molecule has 1 aliphatic heterocycles. The molecule has 0 saturated carbocycles. The Morgan fingerprint density at radius 2 is 2.04 bits per heavy atom. The molecular weight excluding hydrogens is 332 g/mol. The third-order valence-electron chi connectivity index (χ3n) is 4.39. The van der Waals surface area contributed by atoms with Gasteiger partial charge in [-0.2, -0.15) is 0 Å². The lowest BCUT2D eigenvalue weighted by Crippen LogP contribution is -2.40. The van der Waals surface area contributed by atoms with E-state index in [1.54, 1.807) is 12.4 Å². The number of benzene rings is 1. The van der Waals surface area contributed by atoms with Crippen molar-refractivity contribution in [1.29, 1.82) is 0 Å². The molecule has 7 nitrogen and oxygen atoms in total. The van der Waals surface area contributed by atoms with Crippen LogP contribution in [0.5, 0.6) is 0 Å². The van der Waals surface area contributed by atoms with E-state index in [-0.39, 0.29) is 19.0 Å². The molecule has 0 unspecified atom stereocenters. The van der Waals surface area contributed by atoms with Gasteiger partial charge >= 0.3 is 6.03 Å². The van der Waals surface area contributed by atoms with E-state index < -0.39 is 18.0 Å². The van der Waals surface area contributed by atoms with Crippen molar-refractivity contribution in [1.82, 2.24) is 20.5 Å². The van der Waals surface area contributed by atoms with Crippen molar-refractivity contribution in [3.63, 3.8) is 0 Å². The number of aryl methyl sites for hydroxylation is 2. The summed E-state index contributed by atoms with van der Waals surface area (Å²) < 4.78 is 0. The fraction of sp³-hybridized carbons (Fsp3) is 0.263. The minimum atomic E-state index is -0.547. The van der Waals surface area contributed by atoms with Crippen LogP contribution in [0.3, 0.4) is 0 Å². The summed E-state index contributed by atoms with van der Waals surface area (Å²) in [5.74, 6) is -0.748. The van der Waals surface area contributed by atoms with E-state index in [2.05, 4.69) is 15.6 Å². The van der Waals surface area contributed by atoms with Gasteiger partial charge in [-0.3, -0.25) is 19.9 Å². The Labute approximate surface area is 151 Å². The number of imide groups is 1. The van der Waals surface area contributed by atoms with Crippen molar-refractivity contribution in [2.24, 2.45) is 0 Å². The molecule has 2 N–H and O–H groups in total. The summed E-state index contributed by atoms with van der Waals surface area (Å²) in [5.41, 5.74) is 4.05. The first-order valence-corrected chi connectivity index (χ1v) is 8.29. The molecule has 0 radical (unpaired) electrons. The molecule has 26 heavy (non-hydrogen) atoms. The van der Waals surface area contributed by atoms with Crippen molar-refractivity contribution < 1.29 is 14.4 Å². The summed E-state index contributed by atoms with van der Waals surface area (Å²) in [7, 11) is 0. The summed E-state index contributed by atoms with van der Waals surface area (Å²) in [4.78, 5) is 40.7. The number of amides is 4. The number of hydrogen-bond acceptors (Lipinski definition) is 4. The van der Waals surface area contributed by atoms with Crippen LogP contribution in [0, 0.1) is 13.8 Å². The van der Waals surface area contributed by atoms with E-state index in [0.717, 1.165) is 22.3 Å². The van der Waals surface area contributed by atoms with Gasteiger partial charge in [0.15, 0.2) is 0 Å². The SMILES string of the molecule is Cc1ccc([C@@H](NC(=O)CN2CC(=O)NC2=O)c2cccnc2)cc1C. The highest BCUT2D eigenvalue weighted by Crippen LogP contribution is 2.23. The maximum absolute atomic E-state index is 12.5. The number of pyridine rings is 1. The van der Waals surface area contributed by atoms with Gasteiger partial charge < -0.3 is 10.2 Å². The number of nitrogens with zero attached hydrogens (tertiary/aromatic N) is 2. The van der Waals surface area contributed by atoms with Crippen LogP contribution in [0.1, 0.15) is 28.3 Å². The molecule has 0 bridgehead atoms. The first-order valence-electron chi connectivity index (χ1n) is 8.29. The predicted molar refractivity (Wildman–Crippen MR) is 95.3 cm³/mol. The van der Waals surface area contributed by atoms with Crippen molar-refractivity contribution >= 4 is 17.8 Å². The third-order valence-corrected chi connectivity index (χ3v) is 4.39. The minimum Gasteiger partial charge on any atom is -0.344 e. The van der Waals surface area contributed by atoms with E-state index in [1.807, 2.05) is 44.2 Å². The molecule has 1 atom stereocenters. The first-order chi connectivity index (χ1) is 12.4. The second kappa shape index (κ2) is 7.35.